The molecule has 0 aliphatic heterocycles. The Kier molecular flexibility index (Phi) is 6.51. The van der Waals surface area contributed by atoms with Crippen molar-refractivity contribution in [1.82, 2.24) is 0 Å². The van der Waals surface area contributed by atoms with Crippen molar-refractivity contribution in [3.8, 4) is 0 Å². The van der Waals surface area contributed by atoms with Gasteiger partial charge in [-0.2, -0.15) is 0 Å². The van der Waals surface area contributed by atoms with Gasteiger partial charge < -0.3 is 9.47 Å². The van der Waals surface area contributed by atoms with Gasteiger partial charge in [0.15, 0.2) is 16.1 Å². The van der Waals surface area contributed by atoms with Crippen LogP contribution in [-0.2, 0) is 19.3 Å². The molecular weight excluding hydrogens is 290 g/mol. The molecule has 1 aromatic carbocycles. The van der Waals surface area contributed by atoms with Gasteiger partial charge in [0, 0.05) is 19.6 Å². The summed E-state index contributed by atoms with van der Waals surface area (Å²) >= 11 is 0. The fourth-order valence-electron chi connectivity index (χ4n) is 1.66. The lowest BCUT2D eigenvalue weighted by Crippen LogP contribution is -2.22. The maximum absolute atomic E-state index is 13.5. The monoisotopic (exact) mass is 308 g/mol. The largest absolute Gasteiger partial charge is 0.353 e. The third-order valence-electron chi connectivity index (χ3n) is 2.56. The van der Waals surface area contributed by atoms with Crippen LogP contribution in [0, 0.1) is 11.6 Å². The predicted molar refractivity (Wildman–Crippen MR) is 70.1 cm³/mol. The quantitative estimate of drug-likeness (QED) is 0.693. The van der Waals surface area contributed by atoms with Crippen molar-refractivity contribution in [3.63, 3.8) is 0 Å². The van der Waals surface area contributed by atoms with Gasteiger partial charge in [-0.15, -0.1) is 0 Å². The highest BCUT2D eigenvalue weighted by Crippen LogP contribution is 2.19. The fraction of sp³-hybridized carbons (Fsp3) is 0.538. The van der Waals surface area contributed by atoms with E-state index >= 15 is 0 Å². The molecule has 0 saturated heterocycles. The molecule has 0 spiro atoms. The molecule has 4 nitrogen and oxygen atoms in total. The molecule has 0 bridgehead atoms. The van der Waals surface area contributed by atoms with Crippen molar-refractivity contribution in [2.24, 2.45) is 0 Å². The summed E-state index contributed by atoms with van der Waals surface area (Å²) in [6.45, 7) is 4.26. The molecule has 0 atom stereocenters. The first kappa shape index (κ1) is 17.0. The first-order chi connectivity index (χ1) is 9.40. The van der Waals surface area contributed by atoms with Crippen molar-refractivity contribution in [2.45, 2.75) is 31.5 Å². The first-order valence-corrected chi connectivity index (χ1v) is 7.97. The standard InChI is InChI=1S/C13H18F2O4S/c1-3-18-13(19-4-2)7-8-20(16,17)12-9-10(14)5-6-11(12)15/h5-6,9,13H,3-4,7-8H2,1-2H3. The molecule has 7 heteroatoms. The Labute approximate surface area is 117 Å². The van der Waals surface area contributed by atoms with Gasteiger partial charge >= 0.3 is 0 Å². The van der Waals surface area contributed by atoms with Crippen molar-refractivity contribution in [3.05, 3.63) is 29.8 Å². The van der Waals surface area contributed by atoms with Crippen LogP contribution in [0.1, 0.15) is 20.3 Å². The van der Waals surface area contributed by atoms with E-state index in [1.807, 2.05) is 0 Å². The minimum atomic E-state index is -3.92. The Balaban J connectivity index is 2.81. The normalized spacial score (nSPS) is 12.1. The Morgan fingerprint density at radius 1 is 1.15 bits per heavy atom. The van der Waals surface area contributed by atoms with Crippen molar-refractivity contribution in [1.29, 1.82) is 0 Å². The van der Waals surface area contributed by atoms with Gasteiger partial charge in [-0.05, 0) is 32.0 Å². The van der Waals surface area contributed by atoms with Gasteiger partial charge in [-0.3, -0.25) is 0 Å². The van der Waals surface area contributed by atoms with Crippen molar-refractivity contribution < 1.29 is 26.7 Å². The highest BCUT2D eigenvalue weighted by Gasteiger charge is 2.22. The van der Waals surface area contributed by atoms with Crippen LogP contribution in [0.2, 0.25) is 0 Å². The lowest BCUT2D eigenvalue weighted by Gasteiger charge is -2.16. The number of sulfone groups is 1. The summed E-state index contributed by atoms with van der Waals surface area (Å²) in [4.78, 5) is -0.635. The van der Waals surface area contributed by atoms with E-state index in [9.17, 15) is 17.2 Å². The topological polar surface area (TPSA) is 52.6 Å². The lowest BCUT2D eigenvalue weighted by molar-refractivity contribution is -0.136. The van der Waals surface area contributed by atoms with E-state index in [0.29, 0.717) is 19.3 Å². The maximum Gasteiger partial charge on any atom is 0.181 e. The molecule has 0 radical (unpaired) electrons. The van der Waals surface area contributed by atoms with Crippen LogP contribution < -0.4 is 0 Å². The van der Waals surface area contributed by atoms with E-state index in [4.69, 9.17) is 9.47 Å². The molecule has 1 rings (SSSR count). The third-order valence-corrected chi connectivity index (χ3v) is 4.31. The predicted octanol–water partition coefficient (Wildman–Crippen LogP) is 2.53. The van der Waals surface area contributed by atoms with Gasteiger partial charge in [-0.25, -0.2) is 17.2 Å². The molecule has 0 fully saturated rings. The van der Waals surface area contributed by atoms with Gasteiger partial charge in [0.25, 0.3) is 0 Å². The molecule has 0 unspecified atom stereocenters. The van der Waals surface area contributed by atoms with E-state index in [0.717, 1.165) is 12.1 Å². The summed E-state index contributed by atoms with van der Waals surface area (Å²) in [5, 5.41) is 0. The van der Waals surface area contributed by atoms with Gasteiger partial charge in [0.2, 0.25) is 0 Å². The van der Waals surface area contributed by atoms with Gasteiger partial charge in [-0.1, -0.05) is 0 Å². The summed E-state index contributed by atoms with van der Waals surface area (Å²) in [5.74, 6) is -2.13. The second-order valence-electron chi connectivity index (χ2n) is 4.02. The Morgan fingerprint density at radius 3 is 2.30 bits per heavy atom. The van der Waals surface area contributed by atoms with Crippen LogP contribution in [0.3, 0.4) is 0 Å². The lowest BCUT2D eigenvalue weighted by atomic mass is 10.3. The smallest absolute Gasteiger partial charge is 0.181 e. The molecule has 1 aromatic rings. The summed E-state index contributed by atoms with van der Waals surface area (Å²) in [7, 11) is -3.92. The molecule has 0 saturated carbocycles. The maximum atomic E-state index is 13.5. The third kappa shape index (κ3) is 4.81. The van der Waals surface area contributed by atoms with Gasteiger partial charge in [0.1, 0.15) is 16.5 Å². The molecule has 0 heterocycles. The summed E-state index contributed by atoms with van der Waals surface area (Å²) < 4.78 is 60.9. The summed E-state index contributed by atoms with van der Waals surface area (Å²) in [6.07, 6.45) is -0.614. The molecule has 0 N–H and O–H groups in total. The first-order valence-electron chi connectivity index (χ1n) is 6.31. The van der Waals surface area contributed by atoms with Crippen LogP contribution >= 0.6 is 0 Å². The second kappa shape index (κ2) is 7.66. The van der Waals surface area contributed by atoms with Crippen LogP contribution in [-0.4, -0.2) is 33.7 Å². The molecule has 0 amide bonds. The number of ether oxygens (including phenoxy) is 2. The van der Waals surface area contributed by atoms with Crippen molar-refractivity contribution >= 4 is 9.84 Å². The van der Waals surface area contributed by atoms with Crippen molar-refractivity contribution in [2.75, 3.05) is 19.0 Å². The van der Waals surface area contributed by atoms with E-state index in [2.05, 4.69) is 0 Å². The van der Waals surface area contributed by atoms with Crippen LogP contribution in [0.25, 0.3) is 0 Å². The number of hydrogen-bond acceptors (Lipinski definition) is 4. The molecular formula is C13H18F2O4S. The van der Waals surface area contributed by atoms with Crippen LogP contribution in [0.4, 0.5) is 8.78 Å². The molecule has 20 heavy (non-hydrogen) atoms. The molecule has 0 aromatic heterocycles. The summed E-state index contributed by atoms with van der Waals surface area (Å²) in [6, 6.07) is 2.35. The van der Waals surface area contributed by atoms with Crippen LogP contribution in [0.15, 0.2) is 23.1 Å². The Morgan fingerprint density at radius 2 is 1.75 bits per heavy atom. The zero-order valence-corrected chi connectivity index (χ0v) is 12.3. The van der Waals surface area contributed by atoms with E-state index < -0.39 is 32.7 Å². The van der Waals surface area contributed by atoms with E-state index in [-0.39, 0.29) is 12.2 Å². The zero-order chi connectivity index (χ0) is 15.2. The zero-order valence-electron chi connectivity index (χ0n) is 11.4. The average molecular weight is 308 g/mol. The second-order valence-corrected chi connectivity index (χ2v) is 6.10. The van der Waals surface area contributed by atoms with Crippen LogP contribution in [0.5, 0.6) is 0 Å². The average Bonchev–Trinajstić information content (AvgIpc) is 2.39. The molecule has 0 aliphatic rings. The Hall–Kier alpha value is -1.05. The number of rotatable bonds is 8. The number of halogens is 2. The SMILES string of the molecule is CCOC(CCS(=O)(=O)c1cc(F)ccc1F)OCC. The number of benzene rings is 1. The van der Waals surface area contributed by atoms with Gasteiger partial charge in [0.05, 0.1) is 5.75 Å². The van der Waals surface area contributed by atoms with E-state index in [1.165, 1.54) is 0 Å². The highest BCUT2D eigenvalue weighted by molar-refractivity contribution is 7.91. The van der Waals surface area contributed by atoms with E-state index in [1.54, 1.807) is 13.8 Å². The highest BCUT2D eigenvalue weighted by atomic mass is 32.2. The molecule has 0 aliphatic carbocycles. The minimum Gasteiger partial charge on any atom is -0.353 e. The summed E-state index contributed by atoms with van der Waals surface area (Å²) in [5.41, 5.74) is 0. The molecule has 114 valence electrons. The Bertz CT molecular complexity index is 525. The minimum absolute atomic E-state index is 0.0555. The number of hydrogen-bond donors (Lipinski definition) is 0. The fourth-order valence-corrected chi connectivity index (χ4v) is 3.04.